The van der Waals surface area contributed by atoms with E-state index in [0.717, 1.165) is 39.3 Å². The van der Waals surface area contributed by atoms with Crippen molar-refractivity contribution in [3.8, 4) is 5.69 Å². The fourth-order valence-corrected chi connectivity index (χ4v) is 2.87. The van der Waals surface area contributed by atoms with Gasteiger partial charge in [0.25, 0.3) is 0 Å². The third-order valence-electron chi connectivity index (χ3n) is 4.55. The van der Waals surface area contributed by atoms with Gasteiger partial charge in [0.1, 0.15) is 5.82 Å². The minimum Gasteiger partial charge on any atom is -0.292 e. The Balaban J connectivity index is 0.000000423. The number of aromatic nitrogens is 2. The van der Waals surface area contributed by atoms with Crippen LogP contribution in [0, 0.1) is 0 Å². The zero-order chi connectivity index (χ0) is 22.8. The maximum absolute atomic E-state index is 4.83. The number of fused-ring (bicyclic) bond motifs is 1. The standard InChI is InChI=1S/C22H20N2.C7H12/c1-5-18(15-17(4)16(2)3)22-23-20-13-9-10-14-21(20)24(22)19-11-7-6-8-12-19;1-4-5-6-7(2)3/h5-15H,1-2,4H2,3H3;4-6H,1-3H3/b18-15+;5-4-. The van der Waals surface area contributed by atoms with Gasteiger partial charge in [0.2, 0.25) is 0 Å². The molecule has 3 aromatic rings. The van der Waals surface area contributed by atoms with Gasteiger partial charge in [-0.25, -0.2) is 4.98 Å². The smallest absolute Gasteiger partial charge is 0.145 e. The fourth-order valence-electron chi connectivity index (χ4n) is 2.87. The van der Waals surface area contributed by atoms with Gasteiger partial charge in [-0.2, -0.15) is 0 Å². The summed E-state index contributed by atoms with van der Waals surface area (Å²) in [5, 5.41) is 0. The normalized spacial score (nSPS) is 11.0. The summed E-state index contributed by atoms with van der Waals surface area (Å²) in [7, 11) is 0. The molecule has 0 bridgehead atoms. The lowest BCUT2D eigenvalue weighted by atomic mass is 10.1. The first-order valence-corrected chi connectivity index (χ1v) is 10.4. The van der Waals surface area contributed by atoms with E-state index in [4.69, 9.17) is 4.98 Å². The summed E-state index contributed by atoms with van der Waals surface area (Å²) >= 11 is 0. The molecule has 0 aliphatic heterocycles. The Morgan fingerprint density at radius 1 is 0.935 bits per heavy atom. The quantitative estimate of drug-likeness (QED) is 0.375. The summed E-state index contributed by atoms with van der Waals surface area (Å²) in [6.45, 7) is 20.1. The van der Waals surface area contributed by atoms with Gasteiger partial charge >= 0.3 is 0 Å². The highest BCUT2D eigenvalue weighted by Gasteiger charge is 2.14. The van der Waals surface area contributed by atoms with Crippen molar-refractivity contribution in [2.45, 2.75) is 27.7 Å². The molecule has 3 rings (SSSR count). The Morgan fingerprint density at radius 2 is 1.58 bits per heavy atom. The predicted molar refractivity (Wildman–Crippen MR) is 137 cm³/mol. The molecule has 0 aliphatic rings. The van der Waals surface area contributed by atoms with E-state index in [-0.39, 0.29) is 0 Å². The first kappa shape index (κ1) is 23.6. The molecule has 2 heteroatoms. The highest BCUT2D eigenvalue weighted by Crippen LogP contribution is 2.27. The summed E-state index contributed by atoms with van der Waals surface area (Å²) in [4.78, 5) is 4.83. The molecule has 0 saturated heterocycles. The van der Waals surface area contributed by atoms with Crippen LogP contribution in [0.2, 0.25) is 0 Å². The van der Waals surface area contributed by atoms with Crippen LogP contribution >= 0.6 is 0 Å². The molecule has 0 atom stereocenters. The maximum Gasteiger partial charge on any atom is 0.145 e. The molecule has 0 spiro atoms. The van der Waals surface area contributed by atoms with E-state index in [0.29, 0.717) is 0 Å². The lowest BCUT2D eigenvalue weighted by Crippen LogP contribution is -2.00. The van der Waals surface area contributed by atoms with Crippen molar-refractivity contribution >= 4 is 16.6 Å². The Hall–Kier alpha value is -3.65. The van der Waals surface area contributed by atoms with E-state index in [9.17, 15) is 0 Å². The molecule has 1 heterocycles. The van der Waals surface area contributed by atoms with Crippen molar-refractivity contribution in [1.29, 1.82) is 0 Å². The van der Waals surface area contributed by atoms with Crippen molar-refractivity contribution < 1.29 is 0 Å². The number of benzene rings is 2. The molecule has 0 radical (unpaired) electrons. The monoisotopic (exact) mass is 408 g/mol. The lowest BCUT2D eigenvalue weighted by molar-refractivity contribution is 1.06. The number of imidazole rings is 1. The van der Waals surface area contributed by atoms with Gasteiger partial charge in [-0.1, -0.05) is 85.5 Å². The molecule has 0 N–H and O–H groups in total. The number of allylic oxidation sites excluding steroid dienone is 9. The Kier molecular flexibility index (Phi) is 8.78. The van der Waals surface area contributed by atoms with E-state index in [2.05, 4.69) is 62.4 Å². The molecule has 0 aliphatic carbocycles. The molecule has 158 valence electrons. The van der Waals surface area contributed by atoms with Crippen molar-refractivity contribution in [2.75, 3.05) is 0 Å². The van der Waals surface area contributed by atoms with Gasteiger partial charge < -0.3 is 0 Å². The number of rotatable bonds is 6. The molecule has 0 unspecified atom stereocenters. The largest absolute Gasteiger partial charge is 0.292 e. The Bertz CT molecular complexity index is 1150. The van der Waals surface area contributed by atoms with Crippen LogP contribution in [-0.2, 0) is 0 Å². The third-order valence-corrected chi connectivity index (χ3v) is 4.55. The molecular formula is C29H32N2. The molecule has 2 nitrogen and oxygen atoms in total. The van der Waals surface area contributed by atoms with E-state index in [1.165, 1.54) is 5.57 Å². The zero-order valence-corrected chi connectivity index (χ0v) is 19.1. The highest BCUT2D eigenvalue weighted by molar-refractivity contribution is 5.85. The second kappa shape index (κ2) is 11.5. The van der Waals surface area contributed by atoms with Gasteiger partial charge in [0.05, 0.1) is 11.0 Å². The number of para-hydroxylation sites is 3. The molecular weight excluding hydrogens is 376 g/mol. The third kappa shape index (κ3) is 6.42. The van der Waals surface area contributed by atoms with Gasteiger partial charge in [-0.15, -0.1) is 0 Å². The average Bonchev–Trinajstić information content (AvgIpc) is 3.16. The SMILES string of the molecule is C/C=C\C=C(C)C.C=C/C(=C\C(=C)C(=C)C)c1nc2ccccc2n1-c1ccccc1. The van der Waals surface area contributed by atoms with Gasteiger partial charge in [0, 0.05) is 11.3 Å². The molecule has 0 amide bonds. The first-order valence-electron chi connectivity index (χ1n) is 10.4. The van der Waals surface area contributed by atoms with Crippen molar-refractivity contribution in [3.63, 3.8) is 0 Å². The van der Waals surface area contributed by atoms with Crippen LogP contribution in [0.15, 0.2) is 121 Å². The minimum atomic E-state index is 0.847. The number of hydrogen-bond acceptors (Lipinski definition) is 1. The van der Waals surface area contributed by atoms with Crippen LogP contribution in [0.4, 0.5) is 0 Å². The molecule has 1 aromatic heterocycles. The van der Waals surface area contributed by atoms with Gasteiger partial charge in [-0.05, 0) is 63.6 Å². The van der Waals surface area contributed by atoms with Crippen LogP contribution in [0.5, 0.6) is 0 Å². The van der Waals surface area contributed by atoms with Crippen LogP contribution < -0.4 is 0 Å². The van der Waals surface area contributed by atoms with Crippen LogP contribution in [0.3, 0.4) is 0 Å². The highest BCUT2D eigenvalue weighted by atomic mass is 15.1. The van der Waals surface area contributed by atoms with E-state index >= 15 is 0 Å². The topological polar surface area (TPSA) is 17.8 Å². The number of hydrogen-bond donors (Lipinski definition) is 0. The van der Waals surface area contributed by atoms with Crippen molar-refractivity contribution in [1.82, 2.24) is 9.55 Å². The van der Waals surface area contributed by atoms with Crippen LogP contribution in [-0.4, -0.2) is 9.55 Å². The second-order valence-electron chi connectivity index (χ2n) is 7.47. The first-order chi connectivity index (χ1) is 14.9. The zero-order valence-electron chi connectivity index (χ0n) is 19.1. The summed E-state index contributed by atoms with van der Waals surface area (Å²) in [5.41, 5.74) is 7.14. The fraction of sp³-hybridized carbons (Fsp3) is 0.138. The maximum atomic E-state index is 4.83. The number of nitrogens with zero attached hydrogens (tertiary/aromatic N) is 2. The van der Waals surface area contributed by atoms with Crippen molar-refractivity contribution in [2.24, 2.45) is 0 Å². The summed E-state index contributed by atoms with van der Waals surface area (Å²) < 4.78 is 2.15. The van der Waals surface area contributed by atoms with Crippen LogP contribution in [0.1, 0.15) is 33.5 Å². The average molecular weight is 409 g/mol. The Labute approximate surface area is 187 Å². The Morgan fingerprint density at radius 3 is 2.13 bits per heavy atom. The van der Waals surface area contributed by atoms with Crippen molar-refractivity contribution in [3.05, 3.63) is 127 Å². The van der Waals surface area contributed by atoms with Gasteiger partial charge in [0.15, 0.2) is 0 Å². The van der Waals surface area contributed by atoms with E-state index in [1.807, 2.05) is 74.5 Å². The molecule has 0 fully saturated rings. The summed E-state index contributed by atoms with van der Waals surface area (Å²) in [6.07, 6.45) is 9.94. The second-order valence-corrected chi connectivity index (χ2v) is 7.47. The summed E-state index contributed by atoms with van der Waals surface area (Å²) in [5.74, 6) is 0.847. The molecule has 31 heavy (non-hydrogen) atoms. The van der Waals surface area contributed by atoms with Gasteiger partial charge in [-0.3, -0.25) is 4.57 Å². The van der Waals surface area contributed by atoms with E-state index in [1.54, 1.807) is 0 Å². The minimum absolute atomic E-state index is 0.847. The lowest BCUT2D eigenvalue weighted by Gasteiger charge is -2.10. The van der Waals surface area contributed by atoms with Crippen LogP contribution in [0.25, 0.3) is 22.3 Å². The summed E-state index contributed by atoms with van der Waals surface area (Å²) in [6, 6.07) is 18.3. The molecule has 0 saturated carbocycles. The predicted octanol–water partition coefficient (Wildman–Crippen LogP) is 8.26. The molecule has 2 aromatic carbocycles. The van der Waals surface area contributed by atoms with E-state index < -0.39 is 0 Å².